The number of esters is 1. The van der Waals surface area contributed by atoms with E-state index in [1.807, 2.05) is 41.5 Å². The van der Waals surface area contributed by atoms with Gasteiger partial charge < -0.3 is 4.74 Å². The summed E-state index contributed by atoms with van der Waals surface area (Å²) in [4.78, 5) is 11.6. The summed E-state index contributed by atoms with van der Waals surface area (Å²) in [7, 11) is 0. The zero-order valence-electron chi connectivity index (χ0n) is 10.2. The Kier molecular flexibility index (Phi) is 4.37. The smallest absolute Gasteiger partial charge is 0.309 e. The van der Waals surface area contributed by atoms with E-state index in [0.29, 0.717) is 0 Å². The summed E-state index contributed by atoms with van der Waals surface area (Å²) in [5.74, 6) is -0.0930. The molecule has 0 bridgehead atoms. The van der Waals surface area contributed by atoms with Crippen LogP contribution in [-0.2, 0) is 9.53 Å². The van der Waals surface area contributed by atoms with Crippen LogP contribution in [-0.4, -0.2) is 11.6 Å². The van der Waals surface area contributed by atoms with Crippen molar-refractivity contribution in [3.8, 4) is 0 Å². The van der Waals surface area contributed by atoms with Crippen LogP contribution in [0.3, 0.4) is 0 Å². The van der Waals surface area contributed by atoms with Gasteiger partial charge in [-0.2, -0.15) is 0 Å². The van der Waals surface area contributed by atoms with Gasteiger partial charge in [0.05, 0.1) is 5.92 Å². The molecule has 0 aliphatic carbocycles. The molecule has 2 unspecified atom stereocenters. The van der Waals surface area contributed by atoms with Crippen molar-refractivity contribution < 1.29 is 9.53 Å². The van der Waals surface area contributed by atoms with Gasteiger partial charge in [0.15, 0.2) is 0 Å². The average molecular weight is 198 g/mol. The lowest BCUT2D eigenvalue weighted by molar-refractivity contribution is -0.160. The Balaban J connectivity index is 4.33. The molecule has 0 aliphatic rings. The van der Waals surface area contributed by atoms with Gasteiger partial charge in [0.2, 0.25) is 0 Å². The van der Waals surface area contributed by atoms with E-state index in [4.69, 9.17) is 4.74 Å². The van der Waals surface area contributed by atoms with Crippen molar-refractivity contribution in [2.45, 2.75) is 47.1 Å². The fourth-order valence-electron chi connectivity index (χ4n) is 1.03. The first-order valence-electron chi connectivity index (χ1n) is 5.03. The molecule has 0 aromatic rings. The van der Waals surface area contributed by atoms with E-state index in [1.54, 1.807) is 0 Å². The van der Waals surface area contributed by atoms with Crippen LogP contribution in [0.4, 0.5) is 0 Å². The summed E-state index contributed by atoms with van der Waals surface area (Å²) >= 11 is 0. The minimum Gasteiger partial charge on any atom is -0.460 e. The monoisotopic (exact) mass is 198 g/mol. The molecule has 82 valence electrons. The predicted molar refractivity (Wildman–Crippen MR) is 59.0 cm³/mol. The van der Waals surface area contributed by atoms with Gasteiger partial charge in [-0.15, -0.1) is 0 Å². The van der Waals surface area contributed by atoms with Gasteiger partial charge in [0, 0.05) is 0 Å². The van der Waals surface area contributed by atoms with Crippen LogP contribution in [0.1, 0.15) is 41.5 Å². The molecule has 0 aromatic carbocycles. The summed E-state index contributed by atoms with van der Waals surface area (Å²) in [6, 6.07) is 0. The lowest BCUT2D eigenvalue weighted by atomic mass is 9.90. The molecule has 0 heterocycles. The van der Waals surface area contributed by atoms with Crippen molar-refractivity contribution in [1.82, 2.24) is 0 Å². The topological polar surface area (TPSA) is 26.3 Å². The number of hydrogen-bond donors (Lipinski definition) is 0. The van der Waals surface area contributed by atoms with Gasteiger partial charge in [0.25, 0.3) is 0 Å². The third kappa shape index (κ3) is 4.45. The zero-order chi connectivity index (χ0) is 11.5. The molecule has 0 spiro atoms. The van der Waals surface area contributed by atoms with E-state index >= 15 is 0 Å². The van der Waals surface area contributed by atoms with Crippen molar-refractivity contribution in [2.24, 2.45) is 11.8 Å². The van der Waals surface area contributed by atoms with Crippen molar-refractivity contribution >= 4 is 5.97 Å². The van der Waals surface area contributed by atoms with Crippen molar-refractivity contribution in [3.05, 3.63) is 12.2 Å². The third-order valence-electron chi connectivity index (χ3n) is 2.31. The molecule has 0 radical (unpaired) electrons. The highest BCUT2D eigenvalue weighted by Crippen LogP contribution is 2.21. The quantitative estimate of drug-likeness (QED) is 0.514. The first-order chi connectivity index (χ1) is 6.15. The molecular weight excluding hydrogens is 176 g/mol. The molecular formula is C12H22O2. The van der Waals surface area contributed by atoms with Crippen molar-refractivity contribution in [2.75, 3.05) is 0 Å². The van der Waals surface area contributed by atoms with E-state index in [9.17, 15) is 4.79 Å². The van der Waals surface area contributed by atoms with E-state index in [0.717, 1.165) is 5.57 Å². The van der Waals surface area contributed by atoms with E-state index in [2.05, 4.69) is 6.58 Å². The second kappa shape index (κ2) is 4.63. The Morgan fingerprint density at radius 2 is 1.64 bits per heavy atom. The molecule has 0 rings (SSSR count). The molecule has 0 saturated heterocycles. The Hall–Kier alpha value is -0.790. The van der Waals surface area contributed by atoms with Gasteiger partial charge in [-0.25, -0.2) is 0 Å². The summed E-state index contributed by atoms with van der Waals surface area (Å²) in [6.45, 7) is 15.3. The number of hydrogen-bond acceptors (Lipinski definition) is 2. The largest absolute Gasteiger partial charge is 0.460 e. The molecule has 0 N–H and O–H groups in total. The van der Waals surface area contributed by atoms with Crippen LogP contribution in [0.25, 0.3) is 0 Å². The number of ether oxygens (including phenoxy) is 1. The fraction of sp³-hybridized carbons (Fsp3) is 0.750. The average Bonchev–Trinajstić information content (AvgIpc) is 1.98. The Bertz CT molecular complexity index is 223. The minimum atomic E-state index is -0.403. The first kappa shape index (κ1) is 13.2. The van der Waals surface area contributed by atoms with E-state index in [1.165, 1.54) is 0 Å². The highest BCUT2D eigenvalue weighted by Gasteiger charge is 2.25. The van der Waals surface area contributed by atoms with Crippen LogP contribution in [0.15, 0.2) is 12.2 Å². The van der Waals surface area contributed by atoms with Gasteiger partial charge >= 0.3 is 5.97 Å². The van der Waals surface area contributed by atoms with E-state index in [-0.39, 0.29) is 17.8 Å². The van der Waals surface area contributed by atoms with Crippen LogP contribution in [0.2, 0.25) is 0 Å². The fourth-order valence-corrected chi connectivity index (χ4v) is 1.03. The summed E-state index contributed by atoms with van der Waals surface area (Å²) in [5.41, 5.74) is 0.614. The Morgan fingerprint density at radius 3 is 1.93 bits per heavy atom. The SMILES string of the molecule is C=C(C)C(C)C(C)C(=O)OC(C)(C)C. The highest BCUT2D eigenvalue weighted by molar-refractivity contribution is 5.73. The molecule has 0 aliphatic heterocycles. The second-order valence-corrected chi connectivity index (χ2v) is 4.96. The van der Waals surface area contributed by atoms with Crippen LogP contribution in [0, 0.1) is 11.8 Å². The number of allylic oxidation sites excluding steroid dienone is 1. The summed E-state index contributed by atoms with van der Waals surface area (Å²) in [6.07, 6.45) is 0. The van der Waals surface area contributed by atoms with Gasteiger partial charge in [-0.3, -0.25) is 4.79 Å². The Labute approximate surface area is 87.3 Å². The second-order valence-electron chi connectivity index (χ2n) is 4.96. The minimum absolute atomic E-state index is 0.119. The maximum Gasteiger partial charge on any atom is 0.309 e. The van der Waals surface area contributed by atoms with Crippen molar-refractivity contribution in [1.29, 1.82) is 0 Å². The summed E-state index contributed by atoms with van der Waals surface area (Å²) < 4.78 is 5.29. The molecule has 0 fully saturated rings. The number of rotatable bonds is 3. The lowest BCUT2D eigenvalue weighted by Gasteiger charge is -2.25. The van der Waals surface area contributed by atoms with Crippen molar-refractivity contribution in [3.63, 3.8) is 0 Å². The highest BCUT2D eigenvalue weighted by atomic mass is 16.6. The molecule has 0 saturated carbocycles. The van der Waals surface area contributed by atoms with Gasteiger partial charge in [0.1, 0.15) is 5.60 Å². The molecule has 0 amide bonds. The molecule has 0 aromatic heterocycles. The maximum absolute atomic E-state index is 11.6. The van der Waals surface area contributed by atoms with Crippen LogP contribution < -0.4 is 0 Å². The van der Waals surface area contributed by atoms with Crippen LogP contribution in [0.5, 0.6) is 0 Å². The predicted octanol–water partition coefficient (Wildman–Crippen LogP) is 3.18. The molecule has 2 atom stereocenters. The molecule has 14 heavy (non-hydrogen) atoms. The standard InChI is InChI=1S/C12H22O2/c1-8(2)9(3)10(4)11(13)14-12(5,6)7/h9-10H,1H2,2-7H3. The first-order valence-corrected chi connectivity index (χ1v) is 5.03. The maximum atomic E-state index is 11.6. The van der Waals surface area contributed by atoms with Gasteiger partial charge in [-0.1, -0.05) is 26.0 Å². The molecule has 2 heteroatoms. The molecule has 2 nitrogen and oxygen atoms in total. The normalized spacial score (nSPS) is 15.9. The zero-order valence-corrected chi connectivity index (χ0v) is 10.2. The number of carbonyl (C=O) groups excluding carboxylic acids is 1. The number of carbonyl (C=O) groups is 1. The lowest BCUT2D eigenvalue weighted by Crippen LogP contribution is -2.30. The Morgan fingerprint density at radius 1 is 1.21 bits per heavy atom. The van der Waals surface area contributed by atoms with Gasteiger partial charge in [-0.05, 0) is 33.6 Å². The third-order valence-corrected chi connectivity index (χ3v) is 2.31. The van der Waals surface area contributed by atoms with Crippen LogP contribution >= 0.6 is 0 Å². The van der Waals surface area contributed by atoms with E-state index < -0.39 is 5.60 Å². The summed E-state index contributed by atoms with van der Waals surface area (Å²) in [5, 5.41) is 0.